The Morgan fingerprint density at radius 1 is 1.29 bits per heavy atom. The zero-order valence-electron chi connectivity index (χ0n) is 10.4. The van der Waals surface area contributed by atoms with E-state index in [1.807, 2.05) is 24.3 Å². The van der Waals surface area contributed by atoms with Gasteiger partial charge in [0, 0.05) is 12.6 Å². The average molecular weight is 233 g/mol. The van der Waals surface area contributed by atoms with Gasteiger partial charge in [-0.1, -0.05) is 38.1 Å². The highest BCUT2D eigenvalue weighted by Gasteiger charge is 2.04. The lowest BCUT2D eigenvalue weighted by Gasteiger charge is -2.19. The van der Waals surface area contributed by atoms with Crippen LogP contribution in [0, 0.1) is 0 Å². The maximum absolute atomic E-state index is 10.5. The molecule has 0 saturated heterocycles. The second-order valence-corrected chi connectivity index (χ2v) is 3.83. The Hall–Kier alpha value is -1.61. The van der Waals surface area contributed by atoms with E-state index in [4.69, 9.17) is 5.11 Å². The van der Waals surface area contributed by atoms with Crippen LogP contribution < -0.4 is 0 Å². The summed E-state index contributed by atoms with van der Waals surface area (Å²) >= 11 is 0. The van der Waals surface area contributed by atoms with E-state index in [1.165, 1.54) is 6.08 Å². The first kappa shape index (κ1) is 13.5. The number of rotatable bonds is 6. The molecule has 0 unspecified atom stereocenters. The van der Waals surface area contributed by atoms with E-state index in [9.17, 15) is 4.79 Å². The molecule has 0 radical (unpaired) electrons. The molecule has 0 heterocycles. The fraction of sp³-hybridized carbons (Fsp3) is 0.357. The molecule has 0 spiro atoms. The highest BCUT2D eigenvalue weighted by molar-refractivity contribution is 5.85. The van der Waals surface area contributed by atoms with E-state index in [0.29, 0.717) is 0 Å². The number of hydrogen-bond acceptors (Lipinski definition) is 2. The number of carboxylic acids is 1. The summed E-state index contributed by atoms with van der Waals surface area (Å²) in [6, 6.07) is 7.89. The van der Waals surface area contributed by atoms with Gasteiger partial charge in [-0.05, 0) is 30.3 Å². The first-order valence-corrected chi connectivity index (χ1v) is 5.88. The Balaban J connectivity index is 2.87. The molecule has 0 saturated carbocycles. The number of carbonyl (C=O) groups is 1. The highest BCUT2D eigenvalue weighted by Crippen LogP contribution is 2.13. The van der Waals surface area contributed by atoms with E-state index in [-0.39, 0.29) is 0 Å². The van der Waals surface area contributed by atoms with Gasteiger partial charge in [0.15, 0.2) is 0 Å². The summed E-state index contributed by atoms with van der Waals surface area (Å²) in [5, 5.41) is 8.64. The number of aliphatic carboxylic acids is 1. The van der Waals surface area contributed by atoms with Gasteiger partial charge in [-0.3, -0.25) is 4.90 Å². The van der Waals surface area contributed by atoms with Crippen LogP contribution in [0.5, 0.6) is 0 Å². The molecule has 1 rings (SSSR count). The lowest BCUT2D eigenvalue weighted by Crippen LogP contribution is -2.22. The van der Waals surface area contributed by atoms with Crippen molar-refractivity contribution >= 4 is 12.0 Å². The molecular formula is C14H19NO2. The number of carboxylic acid groups (broad SMARTS) is 1. The van der Waals surface area contributed by atoms with Crippen molar-refractivity contribution in [2.75, 3.05) is 13.1 Å². The Kier molecular flexibility index (Phi) is 5.43. The Bertz CT molecular complexity index is 395. The normalized spacial score (nSPS) is 11.2. The topological polar surface area (TPSA) is 40.5 Å². The number of hydrogen-bond donors (Lipinski definition) is 1. The molecule has 0 bridgehead atoms. The molecule has 17 heavy (non-hydrogen) atoms. The summed E-state index contributed by atoms with van der Waals surface area (Å²) in [7, 11) is 0. The van der Waals surface area contributed by atoms with Crippen LogP contribution in [-0.2, 0) is 11.3 Å². The third kappa shape index (κ3) is 4.41. The number of benzene rings is 1. The summed E-state index contributed by atoms with van der Waals surface area (Å²) in [5.41, 5.74) is 2.13. The van der Waals surface area contributed by atoms with Crippen LogP contribution in [0.2, 0.25) is 0 Å². The molecule has 0 aromatic heterocycles. The molecule has 3 nitrogen and oxygen atoms in total. The van der Waals surface area contributed by atoms with Crippen LogP contribution in [0.4, 0.5) is 0 Å². The zero-order chi connectivity index (χ0) is 12.7. The molecule has 1 aromatic carbocycles. The van der Waals surface area contributed by atoms with E-state index >= 15 is 0 Å². The van der Waals surface area contributed by atoms with Crippen molar-refractivity contribution in [1.29, 1.82) is 0 Å². The molecule has 3 heteroatoms. The average Bonchev–Trinajstić information content (AvgIpc) is 2.34. The predicted octanol–water partition coefficient (Wildman–Crippen LogP) is 2.63. The van der Waals surface area contributed by atoms with Gasteiger partial charge in [0.1, 0.15) is 0 Å². The van der Waals surface area contributed by atoms with Crippen molar-refractivity contribution in [1.82, 2.24) is 4.90 Å². The lowest BCUT2D eigenvalue weighted by atomic mass is 10.1. The second kappa shape index (κ2) is 6.86. The molecule has 0 aliphatic heterocycles. The second-order valence-electron chi connectivity index (χ2n) is 3.83. The molecule has 92 valence electrons. The zero-order valence-corrected chi connectivity index (χ0v) is 10.4. The van der Waals surface area contributed by atoms with Gasteiger partial charge in [-0.25, -0.2) is 4.79 Å². The molecule has 0 fully saturated rings. The van der Waals surface area contributed by atoms with Crippen LogP contribution in [0.25, 0.3) is 6.08 Å². The Morgan fingerprint density at radius 2 is 1.94 bits per heavy atom. The van der Waals surface area contributed by atoms with Gasteiger partial charge in [-0.15, -0.1) is 0 Å². The highest BCUT2D eigenvalue weighted by atomic mass is 16.4. The molecule has 0 aliphatic carbocycles. The summed E-state index contributed by atoms with van der Waals surface area (Å²) in [5.74, 6) is -0.914. The maximum Gasteiger partial charge on any atom is 0.328 e. The smallest absolute Gasteiger partial charge is 0.328 e. The lowest BCUT2D eigenvalue weighted by molar-refractivity contribution is -0.131. The molecular weight excluding hydrogens is 214 g/mol. The van der Waals surface area contributed by atoms with Gasteiger partial charge in [0.2, 0.25) is 0 Å². The van der Waals surface area contributed by atoms with Gasteiger partial charge in [0.05, 0.1) is 0 Å². The van der Waals surface area contributed by atoms with Crippen LogP contribution in [-0.4, -0.2) is 29.1 Å². The minimum absolute atomic E-state index is 0.854. The van der Waals surface area contributed by atoms with Gasteiger partial charge in [0.25, 0.3) is 0 Å². The number of nitrogens with zero attached hydrogens (tertiary/aromatic N) is 1. The van der Waals surface area contributed by atoms with E-state index in [1.54, 1.807) is 6.08 Å². The molecule has 0 amide bonds. The molecule has 0 aliphatic rings. The minimum Gasteiger partial charge on any atom is -0.478 e. The summed E-state index contributed by atoms with van der Waals surface area (Å²) < 4.78 is 0. The van der Waals surface area contributed by atoms with Gasteiger partial charge in [-0.2, -0.15) is 0 Å². The first-order valence-electron chi connectivity index (χ1n) is 5.88. The molecule has 1 aromatic rings. The summed E-state index contributed by atoms with van der Waals surface area (Å²) in [6.45, 7) is 7.09. The summed E-state index contributed by atoms with van der Waals surface area (Å²) in [4.78, 5) is 12.8. The first-order chi connectivity index (χ1) is 8.17. The third-order valence-corrected chi connectivity index (χ3v) is 2.75. The van der Waals surface area contributed by atoms with E-state index in [0.717, 1.165) is 30.8 Å². The largest absolute Gasteiger partial charge is 0.478 e. The monoisotopic (exact) mass is 233 g/mol. The van der Waals surface area contributed by atoms with Crippen molar-refractivity contribution in [3.63, 3.8) is 0 Å². The molecule has 0 atom stereocenters. The van der Waals surface area contributed by atoms with Crippen LogP contribution in [0.1, 0.15) is 25.0 Å². The maximum atomic E-state index is 10.5. The quantitative estimate of drug-likeness (QED) is 0.768. The van der Waals surface area contributed by atoms with Gasteiger partial charge >= 0.3 is 5.97 Å². The van der Waals surface area contributed by atoms with Crippen molar-refractivity contribution in [3.05, 3.63) is 41.5 Å². The standard InChI is InChI=1S/C14H19NO2/c1-3-15(4-2)11-13-8-6-5-7-12(13)9-10-14(16)17/h5-10H,3-4,11H2,1-2H3,(H,16,17)/b10-9+. The third-order valence-electron chi connectivity index (χ3n) is 2.75. The van der Waals surface area contributed by atoms with Crippen molar-refractivity contribution in [2.45, 2.75) is 20.4 Å². The van der Waals surface area contributed by atoms with Crippen LogP contribution in [0.15, 0.2) is 30.3 Å². The fourth-order valence-corrected chi connectivity index (χ4v) is 1.69. The fourth-order valence-electron chi connectivity index (χ4n) is 1.69. The van der Waals surface area contributed by atoms with Crippen molar-refractivity contribution in [2.24, 2.45) is 0 Å². The SMILES string of the molecule is CCN(CC)Cc1ccccc1/C=C/C(=O)O. The minimum atomic E-state index is -0.914. The Labute approximate surface area is 102 Å². The Morgan fingerprint density at radius 3 is 2.53 bits per heavy atom. The predicted molar refractivity (Wildman–Crippen MR) is 69.7 cm³/mol. The van der Waals surface area contributed by atoms with Crippen molar-refractivity contribution in [3.8, 4) is 0 Å². The van der Waals surface area contributed by atoms with Gasteiger partial charge < -0.3 is 5.11 Å². The van der Waals surface area contributed by atoms with Crippen molar-refractivity contribution < 1.29 is 9.90 Å². The van der Waals surface area contributed by atoms with E-state index < -0.39 is 5.97 Å². The molecule has 1 N–H and O–H groups in total. The van der Waals surface area contributed by atoms with Crippen LogP contribution in [0.3, 0.4) is 0 Å². The summed E-state index contributed by atoms with van der Waals surface area (Å²) in [6.07, 6.45) is 2.84. The van der Waals surface area contributed by atoms with E-state index in [2.05, 4.69) is 18.7 Å². The van der Waals surface area contributed by atoms with Crippen LogP contribution >= 0.6 is 0 Å².